The van der Waals surface area contributed by atoms with Gasteiger partial charge in [0, 0.05) is 30.2 Å². The molecule has 3 aromatic rings. The van der Waals surface area contributed by atoms with Gasteiger partial charge in [-0.25, -0.2) is 13.2 Å². The molecule has 0 saturated carbocycles. The Hall–Kier alpha value is -3.81. The largest absolute Gasteiger partial charge is 0.487 e. The lowest BCUT2D eigenvalue weighted by Crippen LogP contribution is -2.50. The maximum Gasteiger partial charge on any atom is 0.321 e. The van der Waals surface area contributed by atoms with Crippen molar-refractivity contribution in [2.24, 2.45) is 5.92 Å². The Morgan fingerprint density at radius 2 is 1.93 bits per heavy atom. The molecule has 3 amide bonds. The molecule has 1 aliphatic heterocycles. The van der Waals surface area contributed by atoms with Gasteiger partial charge >= 0.3 is 6.03 Å². The maximum atomic E-state index is 13.7. The van der Waals surface area contributed by atoms with Crippen molar-refractivity contribution in [2.45, 2.75) is 44.7 Å². The second kappa shape index (κ2) is 12.6. The molecule has 0 bridgehead atoms. The van der Waals surface area contributed by atoms with E-state index in [9.17, 15) is 23.1 Å². The number of sulfonamides is 1. The van der Waals surface area contributed by atoms with E-state index >= 15 is 0 Å². The summed E-state index contributed by atoms with van der Waals surface area (Å²) in [5, 5.41) is 17.0. The monoisotopic (exact) mass is 619 g/mol. The van der Waals surface area contributed by atoms with E-state index in [-0.39, 0.29) is 47.5 Å². The number of ether oxygens (including phenoxy) is 1. The van der Waals surface area contributed by atoms with Crippen LogP contribution < -0.4 is 14.8 Å². The Labute approximate surface area is 249 Å². The van der Waals surface area contributed by atoms with Gasteiger partial charge < -0.3 is 29.5 Å². The highest BCUT2D eigenvalue weighted by Crippen LogP contribution is 2.32. The van der Waals surface area contributed by atoms with Crippen molar-refractivity contribution in [3.63, 3.8) is 0 Å². The first kappa shape index (κ1) is 31.1. The van der Waals surface area contributed by atoms with Crippen LogP contribution in [0.3, 0.4) is 0 Å². The topological polar surface area (TPSA) is 154 Å². The third-order valence-corrected chi connectivity index (χ3v) is 8.76. The van der Waals surface area contributed by atoms with Crippen LogP contribution in [0, 0.1) is 19.8 Å². The number of aromatic nitrogens is 1. The molecule has 0 radical (unpaired) electrons. The molecule has 0 fully saturated rings. The van der Waals surface area contributed by atoms with E-state index in [1.807, 2.05) is 6.92 Å². The fourth-order valence-corrected chi connectivity index (χ4v) is 5.72. The number of aliphatic hydroxyl groups excluding tert-OH is 1. The molecule has 0 saturated heterocycles. The van der Waals surface area contributed by atoms with Crippen molar-refractivity contribution in [3.8, 4) is 5.75 Å². The number of fused-ring (bicyclic) bond motifs is 1. The first-order chi connectivity index (χ1) is 19.8. The van der Waals surface area contributed by atoms with Crippen LogP contribution in [0.4, 0.5) is 16.2 Å². The van der Waals surface area contributed by atoms with E-state index in [1.165, 1.54) is 52.3 Å². The number of nitrogens with zero attached hydrogens (tertiary/aromatic N) is 3. The minimum Gasteiger partial charge on any atom is -0.487 e. The van der Waals surface area contributed by atoms with Crippen molar-refractivity contribution in [3.05, 3.63) is 64.5 Å². The lowest BCUT2D eigenvalue weighted by molar-refractivity contribution is 0.0371. The molecule has 2 aromatic carbocycles. The molecule has 4 rings (SSSR count). The summed E-state index contributed by atoms with van der Waals surface area (Å²) < 4.78 is 39.9. The van der Waals surface area contributed by atoms with E-state index < -0.39 is 34.1 Å². The number of amides is 3. The van der Waals surface area contributed by atoms with Gasteiger partial charge in [0.05, 0.1) is 29.7 Å². The molecular formula is C28H34ClN5O7S. The van der Waals surface area contributed by atoms with Crippen LogP contribution in [0.2, 0.25) is 5.02 Å². The van der Waals surface area contributed by atoms with Crippen molar-refractivity contribution < 1.29 is 32.4 Å². The molecule has 3 N–H and O–H groups in total. The zero-order valence-electron chi connectivity index (χ0n) is 23.9. The number of hydrogen-bond acceptors (Lipinski definition) is 8. The van der Waals surface area contributed by atoms with Crippen molar-refractivity contribution in [1.29, 1.82) is 0 Å². The van der Waals surface area contributed by atoms with Gasteiger partial charge in [-0.15, -0.1) is 0 Å². The van der Waals surface area contributed by atoms with Gasteiger partial charge in [0.1, 0.15) is 23.2 Å². The Balaban J connectivity index is 1.62. The molecule has 42 heavy (non-hydrogen) atoms. The lowest BCUT2D eigenvalue weighted by atomic mass is 9.99. The highest BCUT2D eigenvalue weighted by atomic mass is 35.5. The molecule has 0 unspecified atom stereocenters. The fraction of sp³-hybridized carbons (Fsp3) is 0.393. The van der Waals surface area contributed by atoms with Gasteiger partial charge in [-0.2, -0.15) is 0 Å². The first-order valence-electron chi connectivity index (χ1n) is 13.3. The van der Waals surface area contributed by atoms with Crippen molar-refractivity contribution in [1.82, 2.24) is 15.0 Å². The molecule has 0 spiro atoms. The number of nitrogens with one attached hydrogen (secondary N) is 2. The van der Waals surface area contributed by atoms with Gasteiger partial charge in [-0.05, 0) is 63.2 Å². The van der Waals surface area contributed by atoms with E-state index in [2.05, 4.69) is 15.2 Å². The Morgan fingerprint density at radius 3 is 2.55 bits per heavy atom. The molecule has 12 nitrogen and oxygen atoms in total. The van der Waals surface area contributed by atoms with Crippen LogP contribution in [0.5, 0.6) is 5.75 Å². The smallest absolute Gasteiger partial charge is 0.321 e. The third-order valence-electron chi connectivity index (χ3n) is 7.11. The first-order valence-corrected chi connectivity index (χ1v) is 15.1. The van der Waals surface area contributed by atoms with Crippen molar-refractivity contribution >= 4 is 44.9 Å². The number of likely N-dealkylation sites (N-methyl/N-ethyl adjacent to an activating group) is 1. The molecule has 1 aromatic heterocycles. The van der Waals surface area contributed by atoms with E-state index in [4.69, 9.17) is 20.9 Å². The fourth-order valence-electron chi connectivity index (χ4n) is 4.55. The van der Waals surface area contributed by atoms with Crippen molar-refractivity contribution in [2.75, 3.05) is 36.8 Å². The maximum absolute atomic E-state index is 13.7. The summed E-state index contributed by atoms with van der Waals surface area (Å²) >= 11 is 5.89. The number of carbonyl (C=O) groups is 2. The minimum absolute atomic E-state index is 0.00328. The molecule has 14 heteroatoms. The van der Waals surface area contributed by atoms with E-state index in [0.717, 1.165) is 0 Å². The summed E-state index contributed by atoms with van der Waals surface area (Å²) in [5.41, 5.74) is 1.31. The minimum atomic E-state index is -3.97. The van der Waals surface area contributed by atoms with Crippen LogP contribution in [0.15, 0.2) is 51.9 Å². The number of rotatable bonds is 8. The molecule has 2 heterocycles. The van der Waals surface area contributed by atoms with Crippen LogP contribution >= 0.6 is 11.6 Å². The number of halogens is 1. The van der Waals surface area contributed by atoms with Gasteiger partial charge in [-0.1, -0.05) is 23.7 Å². The van der Waals surface area contributed by atoms with Gasteiger partial charge in [-0.3, -0.25) is 9.52 Å². The number of benzene rings is 2. The van der Waals surface area contributed by atoms with Gasteiger partial charge in [0.2, 0.25) is 0 Å². The normalized spacial score (nSPS) is 17.9. The van der Waals surface area contributed by atoms with E-state index in [1.54, 1.807) is 27.8 Å². The summed E-state index contributed by atoms with van der Waals surface area (Å²) in [6.45, 7) is 7.15. The average Bonchev–Trinajstić information content (AvgIpc) is 3.26. The number of hydrogen-bond donors (Lipinski definition) is 3. The number of urea groups is 1. The number of aryl methyl sites for hydroxylation is 2. The van der Waals surface area contributed by atoms with Crippen LogP contribution in [-0.2, 0) is 10.0 Å². The molecule has 1 aliphatic rings. The summed E-state index contributed by atoms with van der Waals surface area (Å²) in [6.07, 6.45) is -0.553. The molecule has 226 valence electrons. The summed E-state index contributed by atoms with van der Waals surface area (Å²) in [4.78, 5) is 29.7. The molecule has 3 atom stereocenters. The average molecular weight is 620 g/mol. The standard InChI is InChI=1S/C28H34ClN5O7S/c1-16-13-34(17(2)15-35)27(36)23-12-21(32-42(38,39)22-9-6-20(29)7-10-22)8-11-24(23)40-25(16)14-33(5)28(37)30-26-18(3)31-41-19(26)4/h6-12,16-17,25,32,35H,13-15H2,1-5H3,(H,30,37)/t16-,17+,25-/m1/s1. The predicted molar refractivity (Wildman–Crippen MR) is 157 cm³/mol. The summed E-state index contributed by atoms with van der Waals surface area (Å²) in [6, 6.07) is 9.18. The van der Waals surface area contributed by atoms with E-state index in [0.29, 0.717) is 22.2 Å². The Kier molecular flexibility index (Phi) is 9.34. The highest BCUT2D eigenvalue weighted by molar-refractivity contribution is 7.92. The second-order valence-corrected chi connectivity index (χ2v) is 12.5. The number of aliphatic hydroxyl groups is 1. The van der Waals surface area contributed by atoms with Gasteiger partial charge in [0.15, 0.2) is 5.76 Å². The SMILES string of the molecule is Cc1noc(C)c1NC(=O)N(C)C[C@H]1Oc2ccc(NS(=O)(=O)c3ccc(Cl)cc3)cc2C(=O)N([C@@H](C)CO)C[C@H]1C. The Bertz CT molecular complexity index is 1540. The Morgan fingerprint density at radius 1 is 1.24 bits per heavy atom. The third kappa shape index (κ3) is 6.80. The second-order valence-electron chi connectivity index (χ2n) is 10.4. The summed E-state index contributed by atoms with van der Waals surface area (Å²) in [5.74, 6) is 0.0384. The molecule has 0 aliphatic carbocycles. The lowest BCUT2D eigenvalue weighted by Gasteiger charge is -2.38. The van der Waals surface area contributed by atoms with Gasteiger partial charge in [0.25, 0.3) is 15.9 Å². The van der Waals surface area contributed by atoms with Crippen LogP contribution in [-0.4, -0.2) is 79.3 Å². The van der Waals surface area contributed by atoms with Crippen LogP contribution in [0.25, 0.3) is 0 Å². The highest BCUT2D eigenvalue weighted by Gasteiger charge is 2.34. The zero-order valence-corrected chi connectivity index (χ0v) is 25.5. The zero-order chi connectivity index (χ0) is 30.8. The number of anilines is 2. The summed E-state index contributed by atoms with van der Waals surface area (Å²) in [7, 11) is -2.35. The van der Waals surface area contributed by atoms with Crippen LogP contribution in [0.1, 0.15) is 35.7 Å². The quantitative estimate of drug-likeness (QED) is 0.340. The number of carbonyl (C=O) groups excluding carboxylic acids is 2. The molecular weight excluding hydrogens is 586 g/mol. The predicted octanol–water partition coefficient (Wildman–Crippen LogP) is 4.13.